The van der Waals surface area contributed by atoms with Gasteiger partial charge < -0.3 is 10.2 Å². The highest BCUT2D eigenvalue weighted by Gasteiger charge is 2.11. The number of aromatic nitrogens is 2. The number of benzene rings is 1. The minimum Gasteiger partial charge on any atom is -0.439 e. The molecule has 3 N–H and O–H groups in total. The summed E-state index contributed by atoms with van der Waals surface area (Å²) < 4.78 is 5.91. The van der Waals surface area contributed by atoms with Gasteiger partial charge in [0, 0.05) is 6.07 Å². The molecule has 0 fully saturated rings. The van der Waals surface area contributed by atoms with Gasteiger partial charge in [0.25, 0.3) is 0 Å². The zero-order valence-corrected chi connectivity index (χ0v) is 12.1. The quantitative estimate of drug-likeness (QED) is 0.645. The monoisotopic (exact) mass is 272 g/mol. The second kappa shape index (κ2) is 6.34. The number of nitrogens with one attached hydrogen (secondary N) is 1. The topological polar surface area (TPSA) is 73.1 Å². The number of ether oxygens (including phenoxy) is 1. The molecule has 5 heteroatoms. The second-order valence-corrected chi connectivity index (χ2v) is 4.73. The third-order valence-corrected chi connectivity index (χ3v) is 3.24. The van der Waals surface area contributed by atoms with Crippen LogP contribution in [0, 0.1) is 6.92 Å². The minimum atomic E-state index is 0.432. The highest BCUT2D eigenvalue weighted by atomic mass is 16.5. The molecule has 2 rings (SSSR count). The Labute approximate surface area is 119 Å². The van der Waals surface area contributed by atoms with Crippen molar-refractivity contribution in [3.05, 3.63) is 41.7 Å². The Hall–Kier alpha value is -2.14. The molecule has 0 saturated heterocycles. The summed E-state index contributed by atoms with van der Waals surface area (Å²) in [4.78, 5) is 8.41. The fourth-order valence-corrected chi connectivity index (χ4v) is 1.98. The molecular weight excluding hydrogens is 252 g/mol. The van der Waals surface area contributed by atoms with Gasteiger partial charge in [-0.3, -0.25) is 0 Å². The van der Waals surface area contributed by atoms with Crippen molar-refractivity contribution in [3.63, 3.8) is 0 Å². The molecule has 0 saturated carbocycles. The van der Waals surface area contributed by atoms with Gasteiger partial charge in [-0.05, 0) is 30.9 Å². The van der Waals surface area contributed by atoms with Crippen LogP contribution < -0.4 is 16.0 Å². The summed E-state index contributed by atoms with van der Waals surface area (Å²) in [6.45, 7) is 6.14. The largest absolute Gasteiger partial charge is 0.439 e. The smallest absolute Gasteiger partial charge is 0.224 e. The Bertz CT molecular complexity index is 586. The first-order valence-electron chi connectivity index (χ1n) is 6.73. The van der Waals surface area contributed by atoms with Crippen LogP contribution in [0.25, 0.3) is 0 Å². The number of aryl methyl sites for hydroxylation is 1. The molecule has 0 spiro atoms. The molecule has 2 aromatic rings. The van der Waals surface area contributed by atoms with E-state index in [9.17, 15) is 0 Å². The molecule has 0 aliphatic carbocycles. The average molecular weight is 272 g/mol. The lowest BCUT2D eigenvalue weighted by atomic mass is 9.98. The SMILES string of the molecule is CCC(C)c1ccccc1Oc1cc(NN)nc(C)n1. The first-order chi connectivity index (χ1) is 9.63. The van der Waals surface area contributed by atoms with Crippen molar-refractivity contribution in [3.8, 4) is 11.6 Å². The number of nitrogens with two attached hydrogens (primary N) is 1. The zero-order chi connectivity index (χ0) is 14.5. The molecule has 0 bridgehead atoms. The van der Waals surface area contributed by atoms with E-state index in [1.807, 2.05) is 18.2 Å². The molecule has 20 heavy (non-hydrogen) atoms. The Morgan fingerprint density at radius 3 is 2.75 bits per heavy atom. The number of hydrazine groups is 1. The molecule has 1 heterocycles. The molecule has 5 nitrogen and oxygen atoms in total. The van der Waals surface area contributed by atoms with Crippen LogP contribution in [0.3, 0.4) is 0 Å². The van der Waals surface area contributed by atoms with Crippen molar-refractivity contribution < 1.29 is 4.74 Å². The van der Waals surface area contributed by atoms with Gasteiger partial charge in [0.15, 0.2) is 0 Å². The Kier molecular flexibility index (Phi) is 4.53. The molecule has 1 atom stereocenters. The van der Waals surface area contributed by atoms with Gasteiger partial charge in [-0.15, -0.1) is 0 Å². The van der Waals surface area contributed by atoms with Crippen LogP contribution in [0.2, 0.25) is 0 Å². The normalized spacial score (nSPS) is 12.0. The first kappa shape index (κ1) is 14.3. The number of anilines is 1. The van der Waals surface area contributed by atoms with E-state index < -0.39 is 0 Å². The van der Waals surface area contributed by atoms with E-state index in [1.165, 1.54) is 5.56 Å². The molecule has 0 aliphatic heterocycles. The maximum atomic E-state index is 5.91. The lowest BCUT2D eigenvalue weighted by Gasteiger charge is -2.15. The lowest BCUT2D eigenvalue weighted by Crippen LogP contribution is -2.10. The van der Waals surface area contributed by atoms with Crippen molar-refractivity contribution >= 4 is 5.82 Å². The average Bonchev–Trinajstić information content (AvgIpc) is 2.46. The van der Waals surface area contributed by atoms with Crippen molar-refractivity contribution in [2.24, 2.45) is 5.84 Å². The summed E-state index contributed by atoms with van der Waals surface area (Å²) in [6.07, 6.45) is 1.05. The van der Waals surface area contributed by atoms with Crippen molar-refractivity contribution in [2.45, 2.75) is 33.1 Å². The number of nitrogens with zero attached hydrogens (tertiary/aromatic N) is 2. The summed E-state index contributed by atoms with van der Waals surface area (Å²) >= 11 is 0. The molecular formula is C15H20N4O. The summed E-state index contributed by atoms with van der Waals surface area (Å²) in [5.41, 5.74) is 3.69. The van der Waals surface area contributed by atoms with Gasteiger partial charge in [-0.1, -0.05) is 32.0 Å². The van der Waals surface area contributed by atoms with Crippen LogP contribution in [0.4, 0.5) is 5.82 Å². The number of hydrogen-bond donors (Lipinski definition) is 2. The van der Waals surface area contributed by atoms with E-state index in [2.05, 4.69) is 35.3 Å². The van der Waals surface area contributed by atoms with E-state index in [-0.39, 0.29) is 0 Å². The summed E-state index contributed by atoms with van der Waals surface area (Å²) in [5, 5.41) is 0. The van der Waals surface area contributed by atoms with Crippen LogP contribution in [0.15, 0.2) is 30.3 Å². The third kappa shape index (κ3) is 3.24. The summed E-state index contributed by atoms with van der Waals surface area (Å²) in [7, 11) is 0. The highest BCUT2D eigenvalue weighted by molar-refractivity contribution is 5.42. The molecule has 106 valence electrons. The molecule has 1 unspecified atom stereocenters. The van der Waals surface area contributed by atoms with E-state index in [0.717, 1.165) is 12.2 Å². The first-order valence-corrected chi connectivity index (χ1v) is 6.73. The van der Waals surface area contributed by atoms with E-state index in [1.54, 1.807) is 13.0 Å². The summed E-state index contributed by atoms with van der Waals surface area (Å²) in [6, 6.07) is 9.69. The predicted molar refractivity (Wildman–Crippen MR) is 79.8 cm³/mol. The standard InChI is InChI=1S/C15H20N4O/c1-4-10(2)12-7-5-6-8-13(12)20-15-9-14(19-16)17-11(3)18-15/h5-10H,4,16H2,1-3H3,(H,17,18,19). The van der Waals surface area contributed by atoms with Crippen molar-refractivity contribution in [1.29, 1.82) is 0 Å². The van der Waals surface area contributed by atoms with Gasteiger partial charge in [0.05, 0.1) is 0 Å². The van der Waals surface area contributed by atoms with Gasteiger partial charge in [0.2, 0.25) is 5.88 Å². The zero-order valence-electron chi connectivity index (χ0n) is 12.1. The van der Waals surface area contributed by atoms with Crippen LogP contribution >= 0.6 is 0 Å². The van der Waals surface area contributed by atoms with Crippen LogP contribution in [0.5, 0.6) is 11.6 Å². The molecule has 0 amide bonds. The maximum Gasteiger partial charge on any atom is 0.224 e. The number of hydrogen-bond acceptors (Lipinski definition) is 5. The van der Waals surface area contributed by atoms with Gasteiger partial charge >= 0.3 is 0 Å². The maximum absolute atomic E-state index is 5.91. The van der Waals surface area contributed by atoms with Crippen LogP contribution in [-0.2, 0) is 0 Å². The van der Waals surface area contributed by atoms with Crippen molar-refractivity contribution in [1.82, 2.24) is 9.97 Å². The highest BCUT2D eigenvalue weighted by Crippen LogP contribution is 2.31. The van der Waals surface area contributed by atoms with Gasteiger partial charge in [0.1, 0.15) is 17.4 Å². The molecule has 0 aliphatic rings. The predicted octanol–water partition coefficient (Wildman–Crippen LogP) is 3.38. The Balaban J connectivity index is 2.32. The minimum absolute atomic E-state index is 0.432. The van der Waals surface area contributed by atoms with Gasteiger partial charge in [-0.25, -0.2) is 10.8 Å². The molecule has 1 aromatic carbocycles. The second-order valence-electron chi connectivity index (χ2n) is 4.73. The van der Waals surface area contributed by atoms with Gasteiger partial charge in [-0.2, -0.15) is 4.98 Å². The molecule has 1 aromatic heterocycles. The lowest BCUT2D eigenvalue weighted by molar-refractivity contribution is 0.449. The third-order valence-electron chi connectivity index (χ3n) is 3.24. The Morgan fingerprint density at radius 1 is 1.30 bits per heavy atom. The fourth-order valence-electron chi connectivity index (χ4n) is 1.98. The van der Waals surface area contributed by atoms with E-state index >= 15 is 0 Å². The molecule has 0 radical (unpaired) electrons. The van der Waals surface area contributed by atoms with E-state index in [0.29, 0.717) is 23.4 Å². The van der Waals surface area contributed by atoms with Crippen LogP contribution in [-0.4, -0.2) is 9.97 Å². The summed E-state index contributed by atoms with van der Waals surface area (Å²) in [5.74, 6) is 8.27. The fraction of sp³-hybridized carbons (Fsp3) is 0.333. The number of nitrogen functional groups attached to an aromatic ring is 1. The van der Waals surface area contributed by atoms with Crippen molar-refractivity contribution in [2.75, 3.05) is 5.43 Å². The number of para-hydroxylation sites is 1. The Morgan fingerprint density at radius 2 is 2.05 bits per heavy atom. The van der Waals surface area contributed by atoms with E-state index in [4.69, 9.17) is 10.6 Å². The number of rotatable bonds is 5. The van der Waals surface area contributed by atoms with Crippen LogP contribution in [0.1, 0.15) is 37.6 Å².